The SMILES string of the molecule is Cl.Cl.NCC1CCCN1C(=O)c1ccc(Cl)cn1. The maximum Gasteiger partial charge on any atom is 0.272 e. The topological polar surface area (TPSA) is 59.2 Å². The number of aromatic nitrogens is 1. The average Bonchev–Trinajstić information content (AvgIpc) is 2.77. The van der Waals surface area contributed by atoms with Gasteiger partial charge in [0.05, 0.1) is 5.02 Å². The number of carbonyl (C=O) groups is 1. The van der Waals surface area contributed by atoms with Gasteiger partial charge in [-0.2, -0.15) is 0 Å². The number of nitrogens with two attached hydrogens (primary N) is 1. The first-order chi connectivity index (χ1) is 7.72. The van der Waals surface area contributed by atoms with E-state index >= 15 is 0 Å². The van der Waals surface area contributed by atoms with Crippen molar-refractivity contribution < 1.29 is 4.79 Å². The van der Waals surface area contributed by atoms with Crippen molar-refractivity contribution in [3.63, 3.8) is 0 Å². The average molecular weight is 313 g/mol. The lowest BCUT2D eigenvalue weighted by atomic mass is 10.2. The van der Waals surface area contributed by atoms with Gasteiger partial charge in [-0.15, -0.1) is 24.8 Å². The van der Waals surface area contributed by atoms with E-state index < -0.39 is 0 Å². The predicted octanol–water partition coefficient (Wildman–Crippen LogP) is 2.14. The van der Waals surface area contributed by atoms with E-state index in [1.165, 1.54) is 6.20 Å². The molecule has 1 unspecified atom stereocenters. The fourth-order valence-electron chi connectivity index (χ4n) is 2.00. The second kappa shape index (κ2) is 7.79. The van der Waals surface area contributed by atoms with E-state index in [0.29, 0.717) is 17.3 Å². The number of pyridine rings is 1. The Balaban J connectivity index is 0.00000144. The van der Waals surface area contributed by atoms with E-state index in [0.717, 1.165) is 19.4 Å². The summed E-state index contributed by atoms with van der Waals surface area (Å²) in [4.78, 5) is 17.9. The van der Waals surface area contributed by atoms with Crippen molar-refractivity contribution in [2.45, 2.75) is 18.9 Å². The number of hydrogen-bond acceptors (Lipinski definition) is 3. The van der Waals surface area contributed by atoms with Crippen LogP contribution in [0.1, 0.15) is 23.3 Å². The Morgan fingerprint density at radius 1 is 1.50 bits per heavy atom. The molecule has 4 nitrogen and oxygen atoms in total. The summed E-state index contributed by atoms with van der Waals surface area (Å²) in [5.41, 5.74) is 6.06. The van der Waals surface area contributed by atoms with E-state index in [2.05, 4.69) is 4.98 Å². The van der Waals surface area contributed by atoms with Crippen LogP contribution in [-0.4, -0.2) is 34.9 Å². The molecule has 1 amide bonds. The van der Waals surface area contributed by atoms with E-state index in [1.807, 2.05) is 0 Å². The lowest BCUT2D eigenvalue weighted by molar-refractivity contribution is 0.0735. The molecular formula is C11H16Cl3N3O. The third-order valence-electron chi connectivity index (χ3n) is 2.86. The lowest BCUT2D eigenvalue weighted by Gasteiger charge is -2.22. The van der Waals surface area contributed by atoms with Crippen molar-refractivity contribution in [2.75, 3.05) is 13.1 Å². The first-order valence-electron chi connectivity index (χ1n) is 5.35. The number of rotatable bonds is 2. The van der Waals surface area contributed by atoms with Gasteiger partial charge in [-0.3, -0.25) is 4.79 Å². The molecule has 1 aromatic heterocycles. The molecule has 1 aromatic rings. The Labute approximate surface area is 124 Å². The molecule has 0 bridgehead atoms. The van der Waals surface area contributed by atoms with Gasteiger partial charge >= 0.3 is 0 Å². The van der Waals surface area contributed by atoms with Crippen LogP contribution in [-0.2, 0) is 0 Å². The number of likely N-dealkylation sites (tertiary alicyclic amines) is 1. The Hall–Kier alpha value is -0.550. The minimum Gasteiger partial charge on any atom is -0.333 e. The molecule has 1 aliphatic heterocycles. The molecule has 102 valence electrons. The summed E-state index contributed by atoms with van der Waals surface area (Å²) in [6.45, 7) is 1.28. The van der Waals surface area contributed by atoms with Crippen molar-refractivity contribution >= 4 is 42.3 Å². The zero-order valence-electron chi connectivity index (χ0n) is 9.71. The smallest absolute Gasteiger partial charge is 0.272 e. The summed E-state index contributed by atoms with van der Waals surface area (Å²) in [7, 11) is 0. The third-order valence-corrected chi connectivity index (χ3v) is 3.08. The zero-order valence-corrected chi connectivity index (χ0v) is 12.1. The highest BCUT2D eigenvalue weighted by Gasteiger charge is 2.28. The molecule has 2 rings (SSSR count). The summed E-state index contributed by atoms with van der Waals surface area (Å²) in [6.07, 6.45) is 3.49. The maximum absolute atomic E-state index is 12.1. The minimum absolute atomic E-state index is 0. The predicted molar refractivity (Wildman–Crippen MR) is 76.9 cm³/mol. The van der Waals surface area contributed by atoms with Crippen LogP contribution in [0.25, 0.3) is 0 Å². The quantitative estimate of drug-likeness (QED) is 0.910. The monoisotopic (exact) mass is 311 g/mol. The summed E-state index contributed by atoms with van der Waals surface area (Å²) in [6, 6.07) is 3.48. The molecule has 1 fully saturated rings. The molecule has 1 saturated heterocycles. The van der Waals surface area contributed by atoms with Gasteiger partial charge in [0.2, 0.25) is 0 Å². The largest absolute Gasteiger partial charge is 0.333 e. The number of hydrogen-bond donors (Lipinski definition) is 1. The second-order valence-corrected chi connectivity index (χ2v) is 4.33. The van der Waals surface area contributed by atoms with Crippen LogP contribution < -0.4 is 5.73 Å². The maximum atomic E-state index is 12.1. The second-order valence-electron chi connectivity index (χ2n) is 3.89. The Morgan fingerprint density at radius 2 is 2.22 bits per heavy atom. The van der Waals surface area contributed by atoms with Gasteiger partial charge in [0, 0.05) is 25.3 Å². The van der Waals surface area contributed by atoms with Crippen molar-refractivity contribution in [3.05, 3.63) is 29.0 Å². The molecule has 2 N–H and O–H groups in total. The number of nitrogens with zero attached hydrogens (tertiary/aromatic N) is 2. The van der Waals surface area contributed by atoms with Gasteiger partial charge in [0.1, 0.15) is 5.69 Å². The first-order valence-corrected chi connectivity index (χ1v) is 5.73. The molecule has 0 radical (unpaired) electrons. The molecule has 1 atom stereocenters. The Morgan fingerprint density at radius 3 is 2.78 bits per heavy atom. The lowest BCUT2D eigenvalue weighted by Crippen LogP contribution is -2.40. The molecule has 1 aliphatic rings. The molecular weight excluding hydrogens is 296 g/mol. The van der Waals surface area contributed by atoms with Crippen molar-refractivity contribution in [1.82, 2.24) is 9.88 Å². The molecule has 0 aliphatic carbocycles. The standard InChI is InChI=1S/C11H14ClN3O.2ClH/c12-8-3-4-10(14-7-8)11(16)15-5-1-2-9(15)6-13;;/h3-4,7,9H,1-2,5-6,13H2;2*1H. The highest BCUT2D eigenvalue weighted by Crippen LogP contribution is 2.19. The van der Waals surface area contributed by atoms with Crippen LogP contribution in [0.15, 0.2) is 18.3 Å². The summed E-state index contributed by atoms with van der Waals surface area (Å²) in [5.74, 6) is -0.0513. The summed E-state index contributed by atoms with van der Waals surface area (Å²) < 4.78 is 0. The van der Waals surface area contributed by atoms with Gasteiger partial charge in [-0.1, -0.05) is 11.6 Å². The van der Waals surface area contributed by atoms with Crippen LogP contribution in [0, 0.1) is 0 Å². The Kier molecular flexibility index (Phi) is 7.55. The number of carbonyl (C=O) groups excluding carboxylic acids is 1. The van der Waals surface area contributed by atoms with Crippen molar-refractivity contribution in [1.29, 1.82) is 0 Å². The fourth-order valence-corrected chi connectivity index (χ4v) is 2.11. The van der Waals surface area contributed by atoms with Crippen LogP contribution in [0.2, 0.25) is 5.02 Å². The van der Waals surface area contributed by atoms with Gasteiger partial charge in [-0.05, 0) is 25.0 Å². The van der Waals surface area contributed by atoms with E-state index in [4.69, 9.17) is 17.3 Å². The van der Waals surface area contributed by atoms with Crippen LogP contribution in [0.4, 0.5) is 0 Å². The molecule has 0 aromatic carbocycles. The van der Waals surface area contributed by atoms with E-state index in [9.17, 15) is 4.79 Å². The van der Waals surface area contributed by atoms with Crippen molar-refractivity contribution in [2.24, 2.45) is 5.73 Å². The molecule has 0 spiro atoms. The van der Waals surface area contributed by atoms with Crippen LogP contribution in [0.3, 0.4) is 0 Å². The van der Waals surface area contributed by atoms with Gasteiger partial charge in [0.15, 0.2) is 0 Å². The van der Waals surface area contributed by atoms with Gasteiger partial charge in [-0.25, -0.2) is 4.98 Å². The number of halogens is 3. The summed E-state index contributed by atoms with van der Waals surface area (Å²) >= 11 is 5.72. The van der Waals surface area contributed by atoms with Crippen LogP contribution in [0.5, 0.6) is 0 Å². The minimum atomic E-state index is -0.0513. The van der Waals surface area contributed by atoms with E-state index in [-0.39, 0.29) is 36.8 Å². The fraction of sp³-hybridized carbons (Fsp3) is 0.455. The molecule has 7 heteroatoms. The number of amides is 1. The van der Waals surface area contributed by atoms with Crippen molar-refractivity contribution in [3.8, 4) is 0 Å². The molecule has 2 heterocycles. The third kappa shape index (κ3) is 3.72. The zero-order chi connectivity index (χ0) is 11.5. The molecule has 18 heavy (non-hydrogen) atoms. The first kappa shape index (κ1) is 17.4. The van der Waals surface area contributed by atoms with Gasteiger partial charge in [0.25, 0.3) is 5.91 Å². The molecule has 0 saturated carbocycles. The highest BCUT2D eigenvalue weighted by molar-refractivity contribution is 6.30. The van der Waals surface area contributed by atoms with Gasteiger partial charge < -0.3 is 10.6 Å². The highest BCUT2D eigenvalue weighted by atomic mass is 35.5. The van der Waals surface area contributed by atoms with E-state index in [1.54, 1.807) is 17.0 Å². The normalized spacial score (nSPS) is 17.9. The Bertz CT molecular complexity index is 386. The van der Waals surface area contributed by atoms with Crippen LogP contribution >= 0.6 is 36.4 Å². The summed E-state index contributed by atoms with van der Waals surface area (Å²) in [5, 5.41) is 0.536.